The molecule has 0 unspecified atom stereocenters. The van der Waals surface area contributed by atoms with E-state index in [-0.39, 0.29) is 23.0 Å². The van der Waals surface area contributed by atoms with E-state index in [1.54, 1.807) is 15.9 Å². The lowest BCUT2D eigenvalue weighted by molar-refractivity contribution is -0.126. The monoisotopic (exact) mass is 472 g/mol. The van der Waals surface area contributed by atoms with Crippen molar-refractivity contribution in [2.75, 3.05) is 51.8 Å². The van der Waals surface area contributed by atoms with Gasteiger partial charge in [0.25, 0.3) is 0 Å². The zero-order valence-electron chi connectivity index (χ0n) is 19.1. The summed E-state index contributed by atoms with van der Waals surface area (Å²) in [5, 5.41) is 3.25. The average molecular weight is 473 g/mol. The van der Waals surface area contributed by atoms with Gasteiger partial charge in [-0.2, -0.15) is 0 Å². The Kier molecular flexibility index (Phi) is 6.76. The van der Waals surface area contributed by atoms with E-state index in [1.807, 2.05) is 24.3 Å². The summed E-state index contributed by atoms with van der Waals surface area (Å²) >= 11 is 5.98. The molecule has 2 fully saturated rings. The van der Waals surface area contributed by atoms with Gasteiger partial charge in [-0.05, 0) is 17.0 Å². The highest BCUT2D eigenvalue weighted by Gasteiger charge is 2.54. The number of methoxy groups -OCH3 is 1. The van der Waals surface area contributed by atoms with Crippen molar-refractivity contribution in [1.29, 1.82) is 0 Å². The Morgan fingerprint density at radius 2 is 1.88 bits per heavy atom. The zero-order chi connectivity index (χ0) is 23.6. The molecule has 0 saturated carbocycles. The van der Waals surface area contributed by atoms with Gasteiger partial charge in [-0.15, -0.1) is 0 Å². The summed E-state index contributed by atoms with van der Waals surface area (Å²) in [4.78, 5) is 34.4. The molecule has 1 aromatic heterocycles. The van der Waals surface area contributed by atoms with Crippen LogP contribution in [0.4, 0.5) is 10.5 Å². The summed E-state index contributed by atoms with van der Waals surface area (Å²) in [6, 6.07) is 9.45. The number of benzene rings is 1. The number of carbonyl (C=O) groups excluding carboxylic acids is 2. The number of hydrogen-bond donors (Lipinski definition) is 1. The molecule has 2 saturated heterocycles. The summed E-state index contributed by atoms with van der Waals surface area (Å²) in [7, 11) is 1.51. The maximum Gasteiger partial charge on any atom is 0.320 e. The van der Waals surface area contributed by atoms with Gasteiger partial charge in [-0.25, -0.2) is 9.78 Å². The summed E-state index contributed by atoms with van der Waals surface area (Å²) < 4.78 is 10.7. The Balaban J connectivity index is 1.65. The number of aromatic nitrogens is 1. The van der Waals surface area contributed by atoms with Crippen LogP contribution in [0.1, 0.15) is 30.9 Å². The van der Waals surface area contributed by atoms with Crippen molar-refractivity contribution in [3.05, 3.63) is 52.8 Å². The van der Waals surface area contributed by atoms with E-state index in [1.165, 1.54) is 13.3 Å². The van der Waals surface area contributed by atoms with Crippen molar-refractivity contribution in [3.63, 3.8) is 0 Å². The average Bonchev–Trinajstić information content (AvgIpc) is 2.80. The van der Waals surface area contributed by atoms with Crippen molar-refractivity contribution in [2.45, 2.75) is 25.2 Å². The van der Waals surface area contributed by atoms with Crippen molar-refractivity contribution in [2.24, 2.45) is 0 Å². The first-order chi connectivity index (χ1) is 15.9. The third-order valence-electron chi connectivity index (χ3n) is 6.31. The molecule has 9 heteroatoms. The van der Waals surface area contributed by atoms with Crippen LogP contribution in [0.5, 0.6) is 5.75 Å². The number of amides is 3. The summed E-state index contributed by atoms with van der Waals surface area (Å²) in [6.45, 7) is 6.98. The summed E-state index contributed by atoms with van der Waals surface area (Å²) in [6.07, 6.45) is 1.48. The minimum absolute atomic E-state index is 0.0607. The van der Waals surface area contributed by atoms with E-state index in [0.29, 0.717) is 50.8 Å². The lowest BCUT2D eigenvalue weighted by Gasteiger charge is -2.51. The predicted octanol–water partition coefficient (Wildman–Crippen LogP) is 3.51. The van der Waals surface area contributed by atoms with Crippen molar-refractivity contribution >= 4 is 29.2 Å². The SMILES string of the molecule is COc1cc(Cl)ncc1NC(=O)C1(c2ccccc2C(C)C)CN(C(=O)N2CCOCC2)C1. The molecule has 2 aromatic rings. The summed E-state index contributed by atoms with van der Waals surface area (Å²) in [5.41, 5.74) is 1.58. The Morgan fingerprint density at radius 1 is 1.18 bits per heavy atom. The molecular formula is C24H29ClN4O4. The van der Waals surface area contributed by atoms with Gasteiger partial charge in [0.2, 0.25) is 5.91 Å². The predicted molar refractivity (Wildman–Crippen MR) is 126 cm³/mol. The fourth-order valence-corrected chi connectivity index (χ4v) is 4.63. The molecule has 33 heavy (non-hydrogen) atoms. The first-order valence-corrected chi connectivity index (χ1v) is 11.5. The quantitative estimate of drug-likeness (QED) is 0.673. The summed E-state index contributed by atoms with van der Waals surface area (Å²) in [5.74, 6) is 0.446. The van der Waals surface area contributed by atoms with Gasteiger partial charge in [0.15, 0.2) is 0 Å². The Hall–Kier alpha value is -2.84. The van der Waals surface area contributed by atoms with Crippen molar-refractivity contribution in [1.82, 2.24) is 14.8 Å². The molecule has 8 nitrogen and oxygen atoms in total. The van der Waals surface area contributed by atoms with Crippen LogP contribution in [0.3, 0.4) is 0 Å². The van der Waals surface area contributed by atoms with Crippen LogP contribution in [0.15, 0.2) is 36.5 Å². The number of anilines is 1. The molecule has 0 bridgehead atoms. The number of pyridine rings is 1. The maximum atomic E-state index is 13.8. The standard InChI is InChI=1S/C24H29ClN4O4/c1-16(2)17-6-4-5-7-18(17)24(14-29(15-24)23(31)28-8-10-33-11-9-28)22(30)27-19-13-26-21(25)12-20(19)32-3/h4-7,12-13,16H,8-11,14-15H2,1-3H3,(H,27,30). The number of morpholine rings is 1. The molecule has 3 amide bonds. The Bertz CT molecular complexity index is 1030. The molecule has 3 heterocycles. The van der Waals surface area contributed by atoms with Gasteiger partial charge < -0.3 is 24.6 Å². The molecular weight excluding hydrogens is 444 g/mol. The number of ether oxygens (including phenoxy) is 2. The van der Waals surface area contributed by atoms with Crippen LogP contribution in [-0.2, 0) is 14.9 Å². The lowest BCUT2D eigenvalue weighted by atomic mass is 9.69. The second-order valence-electron chi connectivity index (χ2n) is 8.72. The number of nitrogens with one attached hydrogen (secondary N) is 1. The van der Waals surface area contributed by atoms with Gasteiger partial charge >= 0.3 is 6.03 Å². The molecule has 2 aliphatic rings. The van der Waals surface area contributed by atoms with E-state index in [0.717, 1.165) is 11.1 Å². The van der Waals surface area contributed by atoms with Crippen LogP contribution in [0.2, 0.25) is 5.15 Å². The first-order valence-electron chi connectivity index (χ1n) is 11.1. The van der Waals surface area contributed by atoms with Crippen LogP contribution in [0, 0.1) is 0 Å². The second-order valence-corrected chi connectivity index (χ2v) is 9.11. The molecule has 1 N–H and O–H groups in total. The van der Waals surface area contributed by atoms with Gasteiger partial charge in [0.1, 0.15) is 22.0 Å². The molecule has 2 aliphatic heterocycles. The highest BCUT2D eigenvalue weighted by Crippen LogP contribution is 2.41. The van der Waals surface area contributed by atoms with Gasteiger partial charge in [0, 0.05) is 32.2 Å². The number of carbonyl (C=O) groups is 2. The van der Waals surface area contributed by atoms with Gasteiger partial charge in [-0.1, -0.05) is 49.7 Å². The minimum atomic E-state index is -0.881. The number of halogens is 1. The molecule has 0 spiro atoms. The second kappa shape index (κ2) is 9.57. The van der Waals surface area contributed by atoms with Gasteiger partial charge in [0.05, 0.1) is 26.5 Å². The minimum Gasteiger partial charge on any atom is -0.494 e. The maximum absolute atomic E-state index is 13.8. The highest BCUT2D eigenvalue weighted by atomic mass is 35.5. The Morgan fingerprint density at radius 3 is 2.55 bits per heavy atom. The largest absolute Gasteiger partial charge is 0.494 e. The Labute approximate surface area is 198 Å². The number of likely N-dealkylation sites (tertiary alicyclic amines) is 1. The number of rotatable bonds is 5. The van der Waals surface area contributed by atoms with E-state index in [2.05, 4.69) is 24.1 Å². The van der Waals surface area contributed by atoms with E-state index < -0.39 is 5.41 Å². The van der Waals surface area contributed by atoms with Gasteiger partial charge in [-0.3, -0.25) is 4.79 Å². The van der Waals surface area contributed by atoms with Crippen molar-refractivity contribution in [3.8, 4) is 5.75 Å². The number of nitrogens with zero attached hydrogens (tertiary/aromatic N) is 3. The molecule has 0 atom stereocenters. The van der Waals surface area contributed by atoms with Crippen LogP contribution in [-0.4, -0.2) is 73.2 Å². The van der Waals surface area contributed by atoms with E-state index >= 15 is 0 Å². The topological polar surface area (TPSA) is 84.0 Å². The zero-order valence-corrected chi connectivity index (χ0v) is 19.9. The molecule has 176 valence electrons. The molecule has 1 aromatic carbocycles. The smallest absolute Gasteiger partial charge is 0.320 e. The third kappa shape index (κ3) is 4.50. The normalized spacial score (nSPS) is 17.5. The first kappa shape index (κ1) is 23.3. The molecule has 0 radical (unpaired) electrons. The van der Waals surface area contributed by atoms with E-state index in [4.69, 9.17) is 21.1 Å². The van der Waals surface area contributed by atoms with Crippen molar-refractivity contribution < 1.29 is 19.1 Å². The fraction of sp³-hybridized carbons (Fsp3) is 0.458. The molecule has 4 rings (SSSR count). The van der Waals surface area contributed by atoms with Crippen LogP contribution >= 0.6 is 11.6 Å². The van der Waals surface area contributed by atoms with Crippen LogP contribution < -0.4 is 10.1 Å². The molecule has 0 aliphatic carbocycles. The fourth-order valence-electron chi connectivity index (χ4n) is 4.49. The number of hydrogen-bond acceptors (Lipinski definition) is 5. The van der Waals surface area contributed by atoms with E-state index in [9.17, 15) is 9.59 Å². The lowest BCUT2D eigenvalue weighted by Crippen LogP contribution is -2.68. The van der Waals surface area contributed by atoms with Crippen LogP contribution in [0.25, 0.3) is 0 Å². The number of urea groups is 1. The third-order valence-corrected chi connectivity index (χ3v) is 6.51. The highest BCUT2D eigenvalue weighted by molar-refractivity contribution is 6.29.